The number of rotatable bonds is 27. The van der Waals surface area contributed by atoms with E-state index in [9.17, 15) is 73.1 Å². The summed E-state index contributed by atoms with van der Waals surface area (Å²) in [5.41, 5.74) is 10.8. The Morgan fingerprint density at radius 2 is 0.726 bits per heavy atom. The number of nitrogens with one attached hydrogen (secondary N) is 3. The number of ketones is 3. The number of likely N-dealkylation sites (tertiary alicyclic amines) is 3. The number of β-amino-alcohol motifs (C(OH)–C–C–N with tert-alkyl or cyclic N) is 3. The van der Waals surface area contributed by atoms with Crippen LogP contribution in [0, 0.1) is 46.3 Å². The van der Waals surface area contributed by atoms with Gasteiger partial charge in [0.1, 0.15) is 18.1 Å². The monoisotopic (exact) mass is 1670 g/mol. The molecule has 3 saturated heterocycles. The van der Waals surface area contributed by atoms with Gasteiger partial charge in [0.15, 0.2) is 17.3 Å². The molecule has 0 spiro atoms. The van der Waals surface area contributed by atoms with Crippen LogP contribution >= 0.6 is 34.0 Å². The Morgan fingerprint density at radius 1 is 0.436 bits per heavy atom. The molecule has 642 valence electrons. The number of Topliss-reactive ketones (excluding diaryl/α,β-unsaturated/α-hetero) is 3. The molecule has 6 aromatic rings. The lowest BCUT2D eigenvalue weighted by Crippen LogP contribution is -2.57. The Morgan fingerprint density at radius 3 is 1.02 bits per heavy atom. The summed E-state index contributed by atoms with van der Waals surface area (Å²) >= 11 is 4.57. The zero-order valence-electron chi connectivity index (χ0n) is 72.4. The van der Waals surface area contributed by atoms with Crippen LogP contribution < -0.4 is 16.0 Å². The molecule has 3 fully saturated rings. The lowest BCUT2D eigenvalue weighted by molar-refractivity contribution is -0.143. The molecule has 117 heavy (non-hydrogen) atoms. The summed E-state index contributed by atoms with van der Waals surface area (Å²) in [6.45, 7) is 39.3. The van der Waals surface area contributed by atoms with Crippen molar-refractivity contribution in [3.8, 4) is 31.3 Å². The lowest BCUT2D eigenvalue weighted by Gasteiger charge is -2.36. The van der Waals surface area contributed by atoms with Crippen molar-refractivity contribution >= 4 is 86.8 Å². The van der Waals surface area contributed by atoms with Gasteiger partial charge >= 0.3 is 0 Å². The number of hydrogen-bond donors (Lipinski definition) is 8. The minimum atomic E-state index is -0.870. The van der Waals surface area contributed by atoms with Crippen LogP contribution in [0.2, 0.25) is 0 Å². The number of aliphatic hydroxyl groups is 5. The van der Waals surface area contributed by atoms with E-state index in [0.29, 0.717) is 11.3 Å². The van der Waals surface area contributed by atoms with Gasteiger partial charge in [-0.15, -0.1) is 34.0 Å². The number of carbonyl (C=O) groups excluding carboxylic acids is 9. The minimum absolute atomic E-state index is 0.000149. The van der Waals surface area contributed by atoms with E-state index in [-0.39, 0.29) is 160 Å². The molecule has 3 aromatic carbocycles. The number of carbonyl (C=O) groups is 9. The van der Waals surface area contributed by atoms with E-state index in [1.165, 1.54) is 37.4 Å². The van der Waals surface area contributed by atoms with Gasteiger partial charge in [0.2, 0.25) is 35.4 Å². The number of thiazole rings is 3. The van der Waals surface area contributed by atoms with Crippen LogP contribution in [0.1, 0.15) is 241 Å². The first kappa shape index (κ1) is 96.2. The van der Waals surface area contributed by atoms with E-state index in [1.807, 2.05) is 218 Å². The zero-order valence-corrected chi connectivity index (χ0v) is 74.8. The van der Waals surface area contributed by atoms with E-state index in [2.05, 4.69) is 30.9 Å². The Labute approximate surface area is 703 Å². The molecule has 3 aliphatic rings. The number of aryl methyl sites for hydroxylation is 2. The number of halogens is 1. The van der Waals surface area contributed by atoms with Crippen molar-refractivity contribution in [3.05, 3.63) is 123 Å². The predicted octanol–water partition coefficient (Wildman–Crippen LogP) is 13.4. The number of aromatic nitrogens is 3. The van der Waals surface area contributed by atoms with Crippen LogP contribution in [0.5, 0.6) is 0 Å². The molecule has 0 bridgehead atoms. The normalized spacial score (nSPS) is 19.6. The number of aliphatic hydroxyl groups excluding tert-OH is 5. The lowest BCUT2D eigenvalue weighted by atomic mass is 9.84. The topological polar surface area (TPSA) is 339 Å². The number of benzene rings is 3. The maximum absolute atomic E-state index is 14.2. The van der Waals surface area contributed by atoms with Crippen LogP contribution in [-0.4, -0.2) is 195 Å². The molecule has 9 rings (SSSR count). The van der Waals surface area contributed by atoms with Crippen LogP contribution in [-0.2, 0) is 49.8 Å². The van der Waals surface area contributed by atoms with Crippen molar-refractivity contribution in [2.24, 2.45) is 32.5 Å². The maximum atomic E-state index is 14.2. The van der Waals surface area contributed by atoms with Gasteiger partial charge in [-0.25, -0.2) is 15.0 Å². The van der Waals surface area contributed by atoms with Gasteiger partial charge in [0.25, 0.3) is 0 Å². The van der Waals surface area contributed by atoms with E-state index >= 15 is 0 Å². The largest absolute Gasteiger partial charge is 0.396 e. The molecule has 27 heteroatoms. The van der Waals surface area contributed by atoms with E-state index in [1.54, 1.807) is 27.9 Å². The average Bonchev–Trinajstić information content (AvgIpc) is 1.72. The quantitative estimate of drug-likeness (QED) is 0.0237. The van der Waals surface area contributed by atoms with Crippen molar-refractivity contribution in [2.75, 3.05) is 32.9 Å². The van der Waals surface area contributed by atoms with Gasteiger partial charge in [0, 0.05) is 89.3 Å². The van der Waals surface area contributed by atoms with Crippen molar-refractivity contribution in [1.82, 2.24) is 45.6 Å². The molecular weight excluding hydrogens is 1550 g/mol. The summed E-state index contributed by atoms with van der Waals surface area (Å²) in [6, 6.07) is 18.2. The van der Waals surface area contributed by atoms with Crippen LogP contribution in [0.15, 0.2) is 89.3 Å². The first-order valence-corrected chi connectivity index (χ1v) is 43.2. The van der Waals surface area contributed by atoms with Gasteiger partial charge in [-0.1, -0.05) is 204 Å². The van der Waals surface area contributed by atoms with Crippen molar-refractivity contribution in [1.29, 1.82) is 0 Å². The number of hydrogen-bond acceptors (Lipinski definition) is 20. The fraction of sp³-hybridized carbons (Fsp3) is 0.600. The SMILES string of the molecule is CC(CC(=O)C1CC(O)CN1C(=O)C(NC(=O)CC(C)(C)C)C(C)(C)C)c1ccc(-c2scnc2CO)cc1.Cc1ncsc1-c1ccc(C(CF)CC(=O)C2CC(O)CN2C(=O)C(NC(=O)CC(C)(C)C)C(C)(C)C)cc1.Cc1ncsc1-c1ccc(C(CO)CC(=O)C2CC(O)CN2C(=O)C(NC(=O)CC(C)(C)C)C(C)(C)C)cc1. The summed E-state index contributed by atoms with van der Waals surface area (Å²) in [7, 11) is 0. The highest BCUT2D eigenvalue weighted by atomic mass is 32.1. The Bertz CT molecular complexity index is 4180. The van der Waals surface area contributed by atoms with Gasteiger partial charge in [-0.05, 0) is 85.6 Å². The Kier molecular flexibility index (Phi) is 33.3. The molecular formula is C90H128FN9O14S3. The number of amides is 6. The summed E-state index contributed by atoms with van der Waals surface area (Å²) in [5.74, 6) is -3.58. The highest BCUT2D eigenvalue weighted by Gasteiger charge is 2.49. The molecule has 3 aromatic heterocycles. The predicted molar refractivity (Wildman–Crippen MR) is 459 cm³/mol. The van der Waals surface area contributed by atoms with Crippen LogP contribution in [0.4, 0.5) is 4.39 Å². The Balaban J connectivity index is 0.000000242. The first-order valence-electron chi connectivity index (χ1n) is 40.5. The molecule has 6 amide bonds. The molecule has 23 nitrogen and oxygen atoms in total. The minimum Gasteiger partial charge on any atom is -0.396 e. The molecule has 6 heterocycles. The van der Waals surface area contributed by atoms with E-state index in [0.717, 1.165) is 53.8 Å². The molecule has 0 aliphatic carbocycles. The highest BCUT2D eigenvalue weighted by Crippen LogP contribution is 2.38. The van der Waals surface area contributed by atoms with Crippen molar-refractivity contribution in [3.63, 3.8) is 0 Å². The molecule has 0 radical (unpaired) electrons. The summed E-state index contributed by atoms with van der Waals surface area (Å²) < 4.78 is 14.2. The summed E-state index contributed by atoms with van der Waals surface area (Å²) in [5, 5.41) is 59.7. The summed E-state index contributed by atoms with van der Waals surface area (Å²) in [4.78, 5) is 140. The second-order valence-corrected chi connectivity index (χ2v) is 41.4. The van der Waals surface area contributed by atoms with Gasteiger partial charge in [0.05, 0.1) is 105 Å². The second kappa shape index (κ2) is 40.4. The summed E-state index contributed by atoms with van der Waals surface area (Å²) in [6.07, 6.45) is -1.10. The molecule has 0 saturated carbocycles. The van der Waals surface area contributed by atoms with Crippen LogP contribution in [0.3, 0.4) is 0 Å². The molecule has 3 aliphatic heterocycles. The third kappa shape index (κ3) is 27.3. The molecule has 12 atom stereocenters. The first-order chi connectivity index (χ1) is 54.3. The average molecular weight is 1680 g/mol. The second-order valence-electron chi connectivity index (χ2n) is 38.8. The fourth-order valence-corrected chi connectivity index (χ4v) is 17.5. The smallest absolute Gasteiger partial charge is 0.246 e. The third-order valence-electron chi connectivity index (χ3n) is 21.3. The zero-order chi connectivity index (χ0) is 87.4. The van der Waals surface area contributed by atoms with E-state index in [4.69, 9.17) is 0 Å². The van der Waals surface area contributed by atoms with Crippen molar-refractivity contribution in [2.45, 2.75) is 282 Å². The molecule has 12 unspecified atom stereocenters. The Hall–Kier alpha value is -7.89. The number of nitrogens with zero attached hydrogens (tertiary/aromatic N) is 6. The highest BCUT2D eigenvalue weighted by molar-refractivity contribution is 7.14. The van der Waals surface area contributed by atoms with Crippen LogP contribution in [0.25, 0.3) is 31.3 Å². The van der Waals surface area contributed by atoms with Gasteiger partial charge in [-0.3, -0.25) is 47.5 Å². The third-order valence-corrected chi connectivity index (χ3v) is 24.1. The number of alkyl halides is 1. The van der Waals surface area contributed by atoms with E-state index < -0.39 is 95.2 Å². The molecule has 8 N–H and O–H groups in total. The maximum Gasteiger partial charge on any atom is 0.246 e. The standard InChI is InChI=1S/C30H42FN3O4S.2C30H43N3O5S/c1-18-26(39-17-32-18)20-10-8-19(9-11-20)21(15-31)12-24(36)23-13-22(35)16-34(23)28(38)27(30(5,6)7)33-25(37)14-29(2,3)4;1-18-26(39-17-31-18)20-10-8-19(9-11-20)21(16-34)12-24(36)23-13-22(35)15-33(23)28(38)27(30(5,6)7)32-25(37)14-29(2,3)4;1-18(19-8-10-20(11-9-19)26-22(16-34)31-17-39-26)12-24(36)23-13-21(35)15-33(23)28(38)27(30(5,6)7)32-25(37)14-29(2,3)4/h8-11,17,21-23,27,35H,12-16H2,1-7H3,(H,33,37);8-11,17,21-23,27,34-35H,12-16H2,1-7H3,(H,32,37);8-11,17-18,21,23,27,34-35H,12-16H2,1-7H3,(H,32,37). The van der Waals surface area contributed by atoms with Crippen molar-refractivity contribution < 1.29 is 73.1 Å². The van der Waals surface area contributed by atoms with Gasteiger partial charge < -0.3 is 56.2 Å². The van der Waals surface area contributed by atoms with Gasteiger partial charge in [-0.2, -0.15) is 0 Å². The fourth-order valence-electron chi connectivity index (χ4n) is 15.0.